The Kier molecular flexibility index (Phi) is 8.82. The molecule has 1 aliphatic heterocycles. The number of carbonyl (C=O) groups excluding carboxylic acids is 1. The molecule has 0 spiro atoms. The highest BCUT2D eigenvalue weighted by molar-refractivity contribution is 7.99. The van der Waals surface area contributed by atoms with Crippen LogP contribution >= 0.6 is 35.5 Å². The van der Waals surface area contributed by atoms with Gasteiger partial charge < -0.3 is 10.2 Å². The number of carbonyl (C=O) groups is 1. The molecule has 5 nitrogen and oxygen atoms in total. The molecule has 3 aromatic rings. The van der Waals surface area contributed by atoms with E-state index >= 15 is 0 Å². The summed E-state index contributed by atoms with van der Waals surface area (Å²) in [4.78, 5) is 23.4. The van der Waals surface area contributed by atoms with Crippen molar-refractivity contribution in [3.8, 4) is 0 Å². The number of anilines is 1. The zero-order valence-electron chi connectivity index (χ0n) is 18.9. The van der Waals surface area contributed by atoms with Crippen LogP contribution in [0.5, 0.6) is 0 Å². The fraction of sp³-hybridized carbons (Fsp3) is 0.417. The van der Waals surface area contributed by atoms with E-state index in [1.165, 1.54) is 15.8 Å². The van der Waals surface area contributed by atoms with Gasteiger partial charge in [0, 0.05) is 44.2 Å². The van der Waals surface area contributed by atoms with Crippen LogP contribution in [-0.2, 0) is 0 Å². The molecule has 4 rings (SSSR count). The molecule has 0 radical (unpaired) electrons. The number of fused-ring (bicyclic) bond motifs is 1. The Morgan fingerprint density at radius 1 is 1.16 bits per heavy atom. The molecule has 172 valence electrons. The third-order valence-corrected chi connectivity index (χ3v) is 7.82. The van der Waals surface area contributed by atoms with Gasteiger partial charge in [-0.25, -0.2) is 4.98 Å². The van der Waals surface area contributed by atoms with Crippen molar-refractivity contribution in [3.63, 3.8) is 0 Å². The molecule has 1 fully saturated rings. The van der Waals surface area contributed by atoms with Gasteiger partial charge in [0.25, 0.3) is 5.91 Å². The molecule has 1 saturated heterocycles. The normalized spacial score (nSPS) is 14.4. The van der Waals surface area contributed by atoms with Crippen LogP contribution in [0.4, 0.5) is 5.13 Å². The smallest absolute Gasteiger partial charge is 0.252 e. The molecule has 1 N–H and O–H groups in total. The first-order chi connectivity index (χ1) is 15.0. The number of benzene rings is 2. The molecule has 0 aliphatic carbocycles. The summed E-state index contributed by atoms with van der Waals surface area (Å²) in [6.07, 6.45) is 0. The molecular formula is C24H31ClN4OS2. The van der Waals surface area contributed by atoms with Gasteiger partial charge in [0.15, 0.2) is 5.13 Å². The van der Waals surface area contributed by atoms with E-state index in [-0.39, 0.29) is 18.3 Å². The SMILES string of the molecule is CCSc1ccccc1C(=O)NCCN1CCN(c2nc3cc(C)cc(C)c3s2)CC1.Cl. The van der Waals surface area contributed by atoms with Gasteiger partial charge in [-0.15, -0.1) is 24.2 Å². The Morgan fingerprint density at radius 3 is 2.66 bits per heavy atom. The van der Waals surface area contributed by atoms with E-state index in [0.717, 1.165) is 59.6 Å². The van der Waals surface area contributed by atoms with Gasteiger partial charge in [0.05, 0.1) is 15.8 Å². The number of halogens is 1. The number of nitrogens with zero attached hydrogens (tertiary/aromatic N) is 3. The summed E-state index contributed by atoms with van der Waals surface area (Å²) in [5.41, 5.74) is 4.47. The summed E-state index contributed by atoms with van der Waals surface area (Å²) < 4.78 is 1.30. The van der Waals surface area contributed by atoms with Crippen LogP contribution in [0.3, 0.4) is 0 Å². The zero-order chi connectivity index (χ0) is 21.8. The number of aryl methyl sites for hydroxylation is 2. The van der Waals surface area contributed by atoms with Gasteiger partial charge in [0.1, 0.15) is 0 Å². The van der Waals surface area contributed by atoms with E-state index in [1.54, 1.807) is 23.1 Å². The minimum atomic E-state index is 0. The van der Waals surface area contributed by atoms with E-state index in [1.807, 2.05) is 24.3 Å². The number of amides is 1. The second-order valence-corrected chi connectivity index (χ2v) is 10.2. The van der Waals surface area contributed by atoms with E-state index in [9.17, 15) is 4.79 Å². The number of rotatable bonds is 7. The first-order valence-corrected chi connectivity index (χ1v) is 12.7. The molecule has 0 unspecified atom stereocenters. The molecule has 0 saturated carbocycles. The number of aromatic nitrogens is 1. The molecule has 2 aromatic carbocycles. The summed E-state index contributed by atoms with van der Waals surface area (Å²) in [7, 11) is 0. The van der Waals surface area contributed by atoms with Crippen molar-refractivity contribution in [2.45, 2.75) is 25.7 Å². The summed E-state index contributed by atoms with van der Waals surface area (Å²) >= 11 is 3.51. The Bertz CT molecular complexity index is 1060. The van der Waals surface area contributed by atoms with Gasteiger partial charge in [-0.2, -0.15) is 0 Å². The summed E-state index contributed by atoms with van der Waals surface area (Å²) in [5.74, 6) is 0.984. The first-order valence-electron chi connectivity index (χ1n) is 10.9. The van der Waals surface area contributed by atoms with Crippen molar-refractivity contribution in [2.24, 2.45) is 0 Å². The Balaban J connectivity index is 0.00000289. The Hall–Kier alpha value is -1.80. The van der Waals surface area contributed by atoms with Gasteiger partial charge in [0.2, 0.25) is 0 Å². The Labute approximate surface area is 205 Å². The number of piperazine rings is 1. The van der Waals surface area contributed by atoms with Gasteiger partial charge in [-0.3, -0.25) is 9.69 Å². The maximum absolute atomic E-state index is 12.6. The second kappa shape index (κ2) is 11.4. The van der Waals surface area contributed by atoms with Crippen LogP contribution in [0, 0.1) is 13.8 Å². The molecule has 2 heterocycles. The fourth-order valence-electron chi connectivity index (χ4n) is 4.02. The molecule has 1 amide bonds. The van der Waals surface area contributed by atoms with Crippen molar-refractivity contribution >= 4 is 56.8 Å². The highest BCUT2D eigenvalue weighted by atomic mass is 35.5. The standard InChI is InChI=1S/C24H30N4OS2.ClH/c1-4-30-21-8-6-5-7-19(21)23(29)25-9-10-27-11-13-28(14-12-27)24-26-20-16-17(2)15-18(3)22(20)31-24;/h5-8,15-16H,4,9-14H2,1-3H3,(H,25,29);1H. The van der Waals surface area contributed by atoms with E-state index in [2.05, 4.69) is 48.0 Å². The number of nitrogens with one attached hydrogen (secondary N) is 1. The highest BCUT2D eigenvalue weighted by Crippen LogP contribution is 2.32. The van der Waals surface area contributed by atoms with Crippen LogP contribution in [0.1, 0.15) is 28.4 Å². The van der Waals surface area contributed by atoms with Gasteiger partial charge >= 0.3 is 0 Å². The van der Waals surface area contributed by atoms with Gasteiger partial charge in [-0.05, 0) is 48.9 Å². The average Bonchev–Trinajstić information content (AvgIpc) is 3.19. The summed E-state index contributed by atoms with van der Waals surface area (Å²) in [6.45, 7) is 11.9. The molecule has 8 heteroatoms. The van der Waals surface area contributed by atoms with Crippen LogP contribution in [0.2, 0.25) is 0 Å². The van der Waals surface area contributed by atoms with Crippen LogP contribution < -0.4 is 10.2 Å². The number of thioether (sulfide) groups is 1. The van der Waals surface area contributed by atoms with Crippen LogP contribution in [0.15, 0.2) is 41.3 Å². The van der Waals surface area contributed by atoms with Crippen LogP contribution in [0.25, 0.3) is 10.2 Å². The molecular weight excluding hydrogens is 460 g/mol. The quantitative estimate of drug-likeness (QED) is 0.472. The number of thiazole rings is 1. The molecule has 1 aliphatic rings. The number of hydrogen-bond acceptors (Lipinski definition) is 6. The van der Waals surface area contributed by atoms with Gasteiger partial charge in [-0.1, -0.05) is 36.5 Å². The second-order valence-electron chi connectivity index (χ2n) is 7.94. The minimum absolute atomic E-state index is 0. The van der Waals surface area contributed by atoms with Crippen molar-refractivity contribution < 1.29 is 4.79 Å². The van der Waals surface area contributed by atoms with Crippen molar-refractivity contribution in [1.82, 2.24) is 15.2 Å². The topological polar surface area (TPSA) is 48.5 Å². The van der Waals surface area contributed by atoms with E-state index < -0.39 is 0 Å². The summed E-state index contributed by atoms with van der Waals surface area (Å²) in [5, 5.41) is 4.23. The fourth-order valence-corrected chi connectivity index (χ4v) is 5.89. The first kappa shape index (κ1) is 24.8. The lowest BCUT2D eigenvalue weighted by atomic mass is 10.1. The third kappa shape index (κ3) is 5.76. The lowest BCUT2D eigenvalue weighted by molar-refractivity contribution is 0.0945. The third-order valence-electron chi connectivity index (χ3n) is 5.60. The average molecular weight is 491 g/mol. The lowest BCUT2D eigenvalue weighted by Crippen LogP contribution is -2.48. The monoisotopic (exact) mass is 490 g/mol. The van der Waals surface area contributed by atoms with Crippen LogP contribution in [-0.4, -0.2) is 60.8 Å². The lowest BCUT2D eigenvalue weighted by Gasteiger charge is -2.34. The van der Waals surface area contributed by atoms with Crippen molar-refractivity contribution in [1.29, 1.82) is 0 Å². The largest absolute Gasteiger partial charge is 0.351 e. The van der Waals surface area contributed by atoms with E-state index in [4.69, 9.17) is 4.98 Å². The molecule has 1 aromatic heterocycles. The Morgan fingerprint density at radius 2 is 1.91 bits per heavy atom. The maximum Gasteiger partial charge on any atom is 0.252 e. The predicted octanol–water partition coefficient (Wildman–Crippen LogP) is 5.00. The maximum atomic E-state index is 12.6. The summed E-state index contributed by atoms with van der Waals surface area (Å²) in [6, 6.07) is 12.3. The molecule has 32 heavy (non-hydrogen) atoms. The molecule has 0 bridgehead atoms. The predicted molar refractivity (Wildman–Crippen MR) is 140 cm³/mol. The van der Waals surface area contributed by atoms with Crippen molar-refractivity contribution in [3.05, 3.63) is 53.1 Å². The zero-order valence-corrected chi connectivity index (χ0v) is 21.3. The van der Waals surface area contributed by atoms with Crippen molar-refractivity contribution in [2.75, 3.05) is 49.9 Å². The number of hydrogen-bond donors (Lipinski definition) is 1. The molecule has 0 atom stereocenters. The van der Waals surface area contributed by atoms with E-state index in [0.29, 0.717) is 6.54 Å². The minimum Gasteiger partial charge on any atom is -0.351 e. The highest BCUT2D eigenvalue weighted by Gasteiger charge is 2.20.